The van der Waals surface area contributed by atoms with Crippen molar-refractivity contribution in [2.75, 3.05) is 18.4 Å². The summed E-state index contributed by atoms with van der Waals surface area (Å²) in [5.41, 5.74) is 5.75. The lowest BCUT2D eigenvalue weighted by Gasteiger charge is -2.32. The van der Waals surface area contributed by atoms with E-state index in [0.29, 0.717) is 5.92 Å². The largest absolute Gasteiger partial charge is 0.326 e. The predicted molar refractivity (Wildman–Crippen MR) is 148 cm³/mol. The number of piperidine rings is 1. The van der Waals surface area contributed by atoms with Gasteiger partial charge in [0, 0.05) is 45.5 Å². The Balaban J connectivity index is 1.16. The van der Waals surface area contributed by atoms with E-state index in [2.05, 4.69) is 45.2 Å². The zero-order valence-electron chi connectivity index (χ0n) is 20.1. The number of fused-ring (bicyclic) bond motifs is 1. The number of hydrogen-bond donors (Lipinski definition) is 1. The second kappa shape index (κ2) is 9.93. The number of likely N-dealkylation sites (tertiary alicyclic amines) is 1. The number of rotatable bonds is 6. The molecule has 4 nitrogen and oxygen atoms in total. The molecule has 1 aliphatic carbocycles. The van der Waals surface area contributed by atoms with Gasteiger partial charge in [-0.2, -0.15) is 0 Å². The van der Waals surface area contributed by atoms with Crippen LogP contribution in [0.25, 0.3) is 16.6 Å². The molecule has 36 heavy (non-hydrogen) atoms. The van der Waals surface area contributed by atoms with Crippen LogP contribution in [-0.2, 0) is 11.3 Å². The quantitative estimate of drug-likeness (QED) is 0.285. The van der Waals surface area contributed by atoms with Crippen LogP contribution in [0.2, 0.25) is 10.0 Å². The fourth-order valence-corrected chi connectivity index (χ4v) is 5.63. The first-order chi connectivity index (χ1) is 17.5. The highest BCUT2D eigenvalue weighted by atomic mass is 35.5. The fourth-order valence-electron chi connectivity index (χ4n) is 5.34. The van der Waals surface area contributed by atoms with Gasteiger partial charge < -0.3 is 9.88 Å². The van der Waals surface area contributed by atoms with Gasteiger partial charge in [0.15, 0.2) is 0 Å². The molecule has 0 atom stereocenters. The van der Waals surface area contributed by atoms with Crippen LogP contribution < -0.4 is 5.32 Å². The molecular formula is C30H29Cl2N3O. The maximum absolute atomic E-state index is 12.2. The summed E-state index contributed by atoms with van der Waals surface area (Å²) in [5, 5.41) is 5.79. The maximum Gasteiger partial charge on any atom is 0.227 e. The van der Waals surface area contributed by atoms with Crippen molar-refractivity contribution in [2.45, 2.75) is 38.1 Å². The molecule has 2 aliphatic rings. The summed E-state index contributed by atoms with van der Waals surface area (Å²) in [4.78, 5) is 14.7. The van der Waals surface area contributed by atoms with Gasteiger partial charge in [0.25, 0.3) is 0 Å². The summed E-state index contributed by atoms with van der Waals surface area (Å²) >= 11 is 12.5. The highest BCUT2D eigenvalue weighted by Gasteiger charge is 2.29. The minimum Gasteiger partial charge on any atom is -0.326 e. The maximum atomic E-state index is 12.2. The van der Waals surface area contributed by atoms with Gasteiger partial charge in [-0.3, -0.25) is 9.69 Å². The summed E-state index contributed by atoms with van der Waals surface area (Å²) in [7, 11) is 0. The molecule has 2 heterocycles. The number of carbonyl (C=O) groups excluding carboxylic acids is 1. The van der Waals surface area contributed by atoms with E-state index < -0.39 is 0 Å². The Kier molecular flexibility index (Phi) is 6.51. The van der Waals surface area contributed by atoms with Crippen LogP contribution >= 0.6 is 23.2 Å². The molecule has 1 amide bonds. The molecule has 6 rings (SSSR count). The van der Waals surface area contributed by atoms with Gasteiger partial charge in [0.05, 0.1) is 5.52 Å². The Morgan fingerprint density at radius 2 is 1.64 bits per heavy atom. The van der Waals surface area contributed by atoms with Gasteiger partial charge >= 0.3 is 0 Å². The van der Waals surface area contributed by atoms with Crippen LogP contribution in [0.1, 0.15) is 42.7 Å². The fraction of sp³-hybridized carbons (Fsp3) is 0.300. The number of amides is 1. The Bertz CT molecular complexity index is 1400. The van der Waals surface area contributed by atoms with Crippen molar-refractivity contribution in [3.05, 3.63) is 94.1 Å². The van der Waals surface area contributed by atoms with Gasteiger partial charge in [-0.1, -0.05) is 41.4 Å². The van der Waals surface area contributed by atoms with Crippen molar-refractivity contribution in [1.29, 1.82) is 0 Å². The van der Waals surface area contributed by atoms with Crippen LogP contribution in [-0.4, -0.2) is 28.5 Å². The number of hydrogen-bond acceptors (Lipinski definition) is 2. The summed E-state index contributed by atoms with van der Waals surface area (Å²) < 4.78 is 2.21. The van der Waals surface area contributed by atoms with Crippen LogP contribution in [0.15, 0.2) is 72.9 Å². The molecule has 0 unspecified atom stereocenters. The average Bonchev–Trinajstić information content (AvgIpc) is 3.69. The van der Waals surface area contributed by atoms with Crippen molar-refractivity contribution in [3.8, 4) is 5.69 Å². The molecule has 0 bridgehead atoms. The molecule has 6 heteroatoms. The van der Waals surface area contributed by atoms with E-state index in [4.69, 9.17) is 23.2 Å². The van der Waals surface area contributed by atoms with E-state index in [0.717, 1.165) is 72.3 Å². The lowest BCUT2D eigenvalue weighted by Crippen LogP contribution is -2.32. The van der Waals surface area contributed by atoms with Crippen LogP contribution in [0.3, 0.4) is 0 Å². The lowest BCUT2D eigenvalue weighted by atomic mass is 9.89. The number of nitrogens with zero attached hydrogens (tertiary/aromatic N) is 2. The highest BCUT2D eigenvalue weighted by molar-refractivity contribution is 6.31. The van der Waals surface area contributed by atoms with Crippen molar-refractivity contribution >= 4 is 45.7 Å². The number of carbonyl (C=O) groups is 1. The van der Waals surface area contributed by atoms with E-state index in [1.165, 1.54) is 16.5 Å². The SMILES string of the molecule is O=C(Nc1cccc(C2CCN(Cc3cn(-c4ccc(Cl)cc4)c4cc(Cl)ccc34)CC2)c1)C1CC1. The summed E-state index contributed by atoms with van der Waals surface area (Å²) in [6.45, 7) is 3.00. The molecule has 184 valence electrons. The van der Waals surface area contributed by atoms with Crippen molar-refractivity contribution in [2.24, 2.45) is 5.92 Å². The third kappa shape index (κ3) is 5.04. The molecule has 1 aromatic heterocycles. The zero-order chi connectivity index (χ0) is 24.6. The van der Waals surface area contributed by atoms with Crippen LogP contribution in [0.4, 0.5) is 5.69 Å². The normalized spacial score (nSPS) is 16.9. The zero-order valence-corrected chi connectivity index (χ0v) is 21.6. The van der Waals surface area contributed by atoms with Gasteiger partial charge in [-0.25, -0.2) is 0 Å². The van der Waals surface area contributed by atoms with Gasteiger partial charge in [0.1, 0.15) is 0 Å². The topological polar surface area (TPSA) is 37.3 Å². The number of anilines is 1. The number of benzene rings is 3. The second-order valence-electron chi connectivity index (χ2n) is 10.1. The summed E-state index contributed by atoms with van der Waals surface area (Å²) in [6.07, 6.45) is 6.51. The number of halogens is 2. The van der Waals surface area contributed by atoms with Gasteiger partial charge in [0.2, 0.25) is 5.91 Å². The van der Waals surface area contributed by atoms with E-state index in [1.807, 2.05) is 42.5 Å². The van der Waals surface area contributed by atoms with E-state index >= 15 is 0 Å². The van der Waals surface area contributed by atoms with E-state index in [9.17, 15) is 4.79 Å². The smallest absolute Gasteiger partial charge is 0.227 e. The Labute approximate surface area is 221 Å². The molecule has 1 aliphatic heterocycles. The molecule has 4 aromatic rings. The third-order valence-electron chi connectivity index (χ3n) is 7.51. The first-order valence-corrected chi connectivity index (χ1v) is 13.5. The third-order valence-corrected chi connectivity index (χ3v) is 8.00. The molecule has 3 aromatic carbocycles. The van der Waals surface area contributed by atoms with E-state index in [1.54, 1.807) is 0 Å². The molecule has 0 spiro atoms. The molecule has 1 N–H and O–H groups in total. The van der Waals surface area contributed by atoms with Gasteiger partial charge in [-0.05, 0) is 104 Å². The second-order valence-corrected chi connectivity index (χ2v) is 11.0. The van der Waals surface area contributed by atoms with Crippen molar-refractivity contribution in [1.82, 2.24) is 9.47 Å². The number of aromatic nitrogens is 1. The molecule has 0 radical (unpaired) electrons. The summed E-state index contributed by atoms with van der Waals surface area (Å²) in [5.74, 6) is 0.910. The minimum absolute atomic E-state index is 0.168. The minimum atomic E-state index is 0.168. The first kappa shape index (κ1) is 23.6. The Morgan fingerprint density at radius 3 is 2.39 bits per heavy atom. The molecular weight excluding hydrogens is 489 g/mol. The van der Waals surface area contributed by atoms with Crippen molar-refractivity contribution < 1.29 is 4.79 Å². The number of nitrogens with one attached hydrogen (secondary N) is 1. The predicted octanol–water partition coefficient (Wildman–Crippen LogP) is 7.67. The Hall–Kier alpha value is -2.79. The van der Waals surface area contributed by atoms with Gasteiger partial charge in [-0.15, -0.1) is 0 Å². The summed E-state index contributed by atoms with van der Waals surface area (Å²) in [6, 6.07) is 22.5. The standard InChI is InChI=1S/C30H29Cl2N3O/c31-24-6-9-27(10-7-24)35-19-23(28-11-8-25(32)17-29(28)35)18-34-14-12-20(13-15-34)22-2-1-3-26(16-22)33-30(36)21-4-5-21/h1-3,6-11,16-17,19-21H,4-5,12-15,18H2,(H,33,36). The van der Waals surface area contributed by atoms with Crippen LogP contribution in [0.5, 0.6) is 0 Å². The monoisotopic (exact) mass is 517 g/mol. The molecule has 1 saturated carbocycles. The molecule has 1 saturated heterocycles. The Morgan fingerprint density at radius 1 is 0.889 bits per heavy atom. The van der Waals surface area contributed by atoms with Crippen molar-refractivity contribution in [3.63, 3.8) is 0 Å². The highest BCUT2D eigenvalue weighted by Crippen LogP contribution is 2.34. The first-order valence-electron chi connectivity index (χ1n) is 12.7. The van der Waals surface area contributed by atoms with E-state index in [-0.39, 0.29) is 11.8 Å². The van der Waals surface area contributed by atoms with Crippen LogP contribution in [0, 0.1) is 5.92 Å². The molecule has 2 fully saturated rings. The average molecular weight is 518 g/mol. The lowest BCUT2D eigenvalue weighted by molar-refractivity contribution is -0.117.